The Balaban J connectivity index is 1.60. The topological polar surface area (TPSA) is 51.2 Å². The molecule has 3 aromatic carbocycles. The standard InChI is InChI=1S/C25H22N2O2S/c1-2-29-22-16-10-9-15-20(22)21-17-30-25(26-21)27-24(28)23(18-11-5-3-6-12-18)19-13-7-4-8-14-19/h3-17,23H,2H2,1H3,(H,26,27,28). The predicted molar refractivity (Wildman–Crippen MR) is 122 cm³/mol. The van der Waals surface area contributed by atoms with Crippen LogP contribution in [0, 0.1) is 0 Å². The number of ether oxygens (including phenoxy) is 1. The Hall–Kier alpha value is -3.44. The van der Waals surface area contributed by atoms with Gasteiger partial charge in [-0.05, 0) is 30.2 Å². The number of anilines is 1. The summed E-state index contributed by atoms with van der Waals surface area (Å²) in [6.07, 6.45) is 0. The number of amides is 1. The van der Waals surface area contributed by atoms with Crippen molar-refractivity contribution in [1.29, 1.82) is 0 Å². The molecule has 1 aromatic heterocycles. The van der Waals surface area contributed by atoms with Gasteiger partial charge in [0.15, 0.2) is 5.13 Å². The number of benzene rings is 3. The molecule has 0 aliphatic carbocycles. The number of para-hydroxylation sites is 1. The number of aromatic nitrogens is 1. The molecule has 0 aliphatic rings. The van der Waals surface area contributed by atoms with Crippen LogP contribution in [0.3, 0.4) is 0 Å². The first-order valence-corrected chi connectivity index (χ1v) is 10.7. The number of nitrogens with one attached hydrogen (secondary N) is 1. The molecule has 0 atom stereocenters. The highest BCUT2D eigenvalue weighted by Crippen LogP contribution is 2.33. The Kier molecular flexibility index (Phi) is 6.20. The molecule has 0 bridgehead atoms. The van der Waals surface area contributed by atoms with Gasteiger partial charge in [-0.3, -0.25) is 4.79 Å². The third-order valence-corrected chi connectivity index (χ3v) is 5.48. The number of nitrogens with zero attached hydrogens (tertiary/aromatic N) is 1. The van der Waals surface area contributed by atoms with Gasteiger partial charge in [0, 0.05) is 10.9 Å². The van der Waals surface area contributed by atoms with E-state index in [9.17, 15) is 4.79 Å². The number of hydrogen-bond acceptors (Lipinski definition) is 4. The first-order chi connectivity index (χ1) is 14.8. The number of carbonyl (C=O) groups is 1. The van der Waals surface area contributed by atoms with E-state index in [-0.39, 0.29) is 5.91 Å². The van der Waals surface area contributed by atoms with Crippen LogP contribution in [0.5, 0.6) is 5.75 Å². The van der Waals surface area contributed by atoms with Crippen LogP contribution < -0.4 is 10.1 Å². The van der Waals surface area contributed by atoms with Gasteiger partial charge >= 0.3 is 0 Å². The highest BCUT2D eigenvalue weighted by atomic mass is 32.1. The SMILES string of the molecule is CCOc1ccccc1-c1csc(NC(=O)C(c2ccccc2)c2ccccc2)n1. The van der Waals surface area contributed by atoms with Crippen LogP contribution >= 0.6 is 11.3 Å². The van der Waals surface area contributed by atoms with E-state index in [2.05, 4.69) is 10.3 Å². The molecular weight excluding hydrogens is 392 g/mol. The molecule has 1 heterocycles. The fraction of sp³-hybridized carbons (Fsp3) is 0.120. The molecular formula is C25H22N2O2S. The van der Waals surface area contributed by atoms with Gasteiger partial charge in [-0.1, -0.05) is 72.8 Å². The van der Waals surface area contributed by atoms with Crippen molar-refractivity contribution < 1.29 is 9.53 Å². The minimum Gasteiger partial charge on any atom is -0.493 e. The summed E-state index contributed by atoms with van der Waals surface area (Å²) >= 11 is 1.41. The lowest BCUT2D eigenvalue weighted by Gasteiger charge is -2.17. The minimum atomic E-state index is -0.407. The molecule has 30 heavy (non-hydrogen) atoms. The molecule has 0 aliphatic heterocycles. The molecule has 0 unspecified atom stereocenters. The summed E-state index contributed by atoms with van der Waals surface area (Å²) in [6.45, 7) is 2.54. The van der Waals surface area contributed by atoms with Gasteiger partial charge in [0.25, 0.3) is 0 Å². The van der Waals surface area contributed by atoms with Gasteiger partial charge in [-0.2, -0.15) is 0 Å². The lowest BCUT2D eigenvalue weighted by atomic mass is 9.90. The van der Waals surface area contributed by atoms with Gasteiger partial charge in [-0.25, -0.2) is 4.98 Å². The molecule has 5 heteroatoms. The third kappa shape index (κ3) is 4.42. The number of thiazole rings is 1. The Labute approximate surface area is 180 Å². The van der Waals surface area contributed by atoms with Crippen molar-refractivity contribution in [2.24, 2.45) is 0 Å². The molecule has 0 spiro atoms. The van der Waals surface area contributed by atoms with Gasteiger partial charge in [-0.15, -0.1) is 11.3 Å². The van der Waals surface area contributed by atoms with Crippen LogP contribution in [-0.4, -0.2) is 17.5 Å². The third-order valence-electron chi connectivity index (χ3n) is 4.73. The van der Waals surface area contributed by atoms with E-state index in [1.807, 2.05) is 97.2 Å². The zero-order valence-corrected chi connectivity index (χ0v) is 17.4. The normalized spacial score (nSPS) is 10.7. The van der Waals surface area contributed by atoms with Crippen LogP contribution in [0.4, 0.5) is 5.13 Å². The fourth-order valence-corrected chi connectivity index (χ4v) is 4.09. The molecule has 1 amide bonds. The maximum Gasteiger partial charge on any atom is 0.238 e. The molecule has 4 rings (SSSR count). The number of carbonyl (C=O) groups excluding carboxylic acids is 1. The molecule has 0 radical (unpaired) electrons. The van der Waals surface area contributed by atoms with Crippen molar-refractivity contribution >= 4 is 22.4 Å². The quantitative estimate of drug-likeness (QED) is 0.405. The summed E-state index contributed by atoms with van der Waals surface area (Å²) in [7, 11) is 0. The van der Waals surface area contributed by atoms with Crippen molar-refractivity contribution in [3.8, 4) is 17.0 Å². The predicted octanol–water partition coefficient (Wildman–Crippen LogP) is 5.98. The van der Waals surface area contributed by atoms with Gasteiger partial charge in [0.2, 0.25) is 5.91 Å². The van der Waals surface area contributed by atoms with Crippen molar-refractivity contribution in [3.63, 3.8) is 0 Å². The van der Waals surface area contributed by atoms with Gasteiger partial charge < -0.3 is 10.1 Å². The summed E-state index contributed by atoms with van der Waals surface area (Å²) in [5.74, 6) is 0.275. The molecule has 0 saturated heterocycles. The van der Waals surface area contributed by atoms with Crippen molar-refractivity contribution in [2.45, 2.75) is 12.8 Å². The smallest absolute Gasteiger partial charge is 0.238 e. The van der Waals surface area contributed by atoms with E-state index in [0.29, 0.717) is 11.7 Å². The first kappa shape index (κ1) is 19.9. The molecule has 150 valence electrons. The Morgan fingerprint density at radius 1 is 0.933 bits per heavy atom. The molecule has 1 N–H and O–H groups in total. The lowest BCUT2D eigenvalue weighted by molar-refractivity contribution is -0.116. The van der Waals surface area contributed by atoms with Crippen LogP contribution in [0.15, 0.2) is 90.3 Å². The Morgan fingerprint density at radius 2 is 1.53 bits per heavy atom. The van der Waals surface area contributed by atoms with Gasteiger partial charge in [0.05, 0.1) is 18.2 Å². The van der Waals surface area contributed by atoms with Crippen molar-refractivity contribution in [3.05, 3.63) is 101 Å². The summed E-state index contributed by atoms with van der Waals surface area (Å²) in [5, 5.41) is 5.51. The zero-order chi connectivity index (χ0) is 20.8. The van der Waals surface area contributed by atoms with Crippen LogP contribution in [0.25, 0.3) is 11.3 Å². The van der Waals surface area contributed by atoms with Crippen molar-refractivity contribution in [2.75, 3.05) is 11.9 Å². The highest BCUT2D eigenvalue weighted by molar-refractivity contribution is 7.14. The average Bonchev–Trinajstić information content (AvgIpc) is 3.24. The molecule has 4 aromatic rings. The summed E-state index contributed by atoms with van der Waals surface area (Å²) in [4.78, 5) is 17.9. The first-order valence-electron chi connectivity index (χ1n) is 9.84. The second-order valence-corrected chi connectivity index (χ2v) is 7.57. The molecule has 4 nitrogen and oxygen atoms in total. The monoisotopic (exact) mass is 414 g/mol. The van der Waals surface area contributed by atoms with E-state index in [4.69, 9.17) is 4.74 Å². The average molecular weight is 415 g/mol. The summed E-state index contributed by atoms with van der Waals surface area (Å²) < 4.78 is 5.71. The Morgan fingerprint density at radius 3 is 2.17 bits per heavy atom. The maximum absolute atomic E-state index is 13.3. The van der Waals surface area contributed by atoms with Crippen LogP contribution in [0.2, 0.25) is 0 Å². The summed E-state index contributed by atoms with van der Waals surface area (Å²) in [6, 6.07) is 27.4. The van der Waals surface area contributed by atoms with Gasteiger partial charge in [0.1, 0.15) is 5.75 Å². The van der Waals surface area contributed by atoms with E-state index in [1.54, 1.807) is 0 Å². The number of hydrogen-bond donors (Lipinski definition) is 1. The van der Waals surface area contributed by atoms with E-state index in [1.165, 1.54) is 11.3 Å². The minimum absolute atomic E-state index is 0.105. The maximum atomic E-state index is 13.3. The highest BCUT2D eigenvalue weighted by Gasteiger charge is 2.23. The van der Waals surface area contributed by atoms with Crippen molar-refractivity contribution in [1.82, 2.24) is 4.98 Å². The van der Waals surface area contributed by atoms with E-state index in [0.717, 1.165) is 28.1 Å². The largest absolute Gasteiger partial charge is 0.493 e. The fourth-order valence-electron chi connectivity index (χ4n) is 3.38. The Bertz CT molecular complexity index is 1070. The zero-order valence-electron chi connectivity index (χ0n) is 16.6. The summed E-state index contributed by atoms with van der Waals surface area (Å²) in [5.41, 5.74) is 3.59. The lowest BCUT2D eigenvalue weighted by Crippen LogP contribution is -2.22. The molecule has 0 saturated carbocycles. The molecule has 0 fully saturated rings. The van der Waals surface area contributed by atoms with Crippen LogP contribution in [0.1, 0.15) is 24.0 Å². The van der Waals surface area contributed by atoms with E-state index >= 15 is 0 Å². The second-order valence-electron chi connectivity index (χ2n) is 6.71. The second kappa shape index (κ2) is 9.37. The van der Waals surface area contributed by atoms with Crippen LogP contribution in [-0.2, 0) is 4.79 Å². The van der Waals surface area contributed by atoms with E-state index < -0.39 is 5.92 Å². The number of rotatable bonds is 7.